The van der Waals surface area contributed by atoms with Crippen LogP contribution in [-0.2, 0) is 0 Å². The topological polar surface area (TPSA) is 100 Å². The van der Waals surface area contributed by atoms with Crippen molar-refractivity contribution in [2.24, 2.45) is 0 Å². The lowest BCUT2D eigenvalue weighted by atomic mass is 10.2. The zero-order valence-corrected chi connectivity index (χ0v) is 9.72. The van der Waals surface area contributed by atoms with Crippen molar-refractivity contribution in [3.05, 3.63) is 27.9 Å². The normalized spacial score (nSPS) is 10.1. The third-order valence-corrected chi connectivity index (χ3v) is 1.89. The first-order valence-corrected chi connectivity index (χ1v) is 4.76. The molecular formula is C9H13N5O3. The van der Waals surface area contributed by atoms with Gasteiger partial charge in [0.05, 0.1) is 10.5 Å². The SMILES string of the molecule is CNc1ncc([N+](=O)[O-])cc1C(=O)NN(C)C. The number of carbonyl (C=O) groups excluding carboxylic acids is 1. The molecule has 8 nitrogen and oxygen atoms in total. The van der Waals surface area contributed by atoms with E-state index in [1.807, 2.05) is 0 Å². The Morgan fingerprint density at radius 3 is 2.65 bits per heavy atom. The number of amides is 1. The van der Waals surface area contributed by atoms with Gasteiger partial charge in [-0.3, -0.25) is 20.3 Å². The molecule has 2 N–H and O–H groups in total. The molecule has 1 aromatic rings. The molecule has 0 aromatic carbocycles. The van der Waals surface area contributed by atoms with E-state index in [1.54, 1.807) is 21.1 Å². The van der Waals surface area contributed by atoms with Gasteiger partial charge in [0.1, 0.15) is 12.0 Å². The molecule has 0 saturated heterocycles. The van der Waals surface area contributed by atoms with Crippen molar-refractivity contribution in [2.75, 3.05) is 26.5 Å². The number of carbonyl (C=O) groups is 1. The van der Waals surface area contributed by atoms with Crippen molar-refractivity contribution in [3.63, 3.8) is 0 Å². The molecule has 1 amide bonds. The summed E-state index contributed by atoms with van der Waals surface area (Å²) in [5, 5.41) is 14.7. The van der Waals surface area contributed by atoms with E-state index in [0.29, 0.717) is 0 Å². The van der Waals surface area contributed by atoms with E-state index in [-0.39, 0.29) is 17.1 Å². The lowest BCUT2D eigenvalue weighted by Gasteiger charge is -2.13. The zero-order valence-electron chi connectivity index (χ0n) is 9.72. The predicted molar refractivity (Wildman–Crippen MR) is 61.6 cm³/mol. The Balaban J connectivity index is 3.14. The molecule has 8 heteroatoms. The Kier molecular flexibility index (Phi) is 3.94. The molecule has 0 aliphatic rings. The molecular weight excluding hydrogens is 226 g/mol. The fourth-order valence-electron chi connectivity index (χ4n) is 1.19. The highest BCUT2D eigenvalue weighted by molar-refractivity contribution is 5.99. The van der Waals surface area contributed by atoms with Gasteiger partial charge in [-0.1, -0.05) is 0 Å². The second-order valence-electron chi connectivity index (χ2n) is 3.43. The van der Waals surface area contributed by atoms with E-state index in [4.69, 9.17) is 0 Å². The van der Waals surface area contributed by atoms with Crippen LogP contribution in [0, 0.1) is 10.1 Å². The number of nitrogens with zero attached hydrogens (tertiary/aromatic N) is 3. The molecule has 1 aromatic heterocycles. The summed E-state index contributed by atoms with van der Waals surface area (Å²) < 4.78 is 0. The average Bonchev–Trinajstić information content (AvgIpc) is 2.27. The summed E-state index contributed by atoms with van der Waals surface area (Å²) in [4.78, 5) is 25.6. The number of nitro groups is 1. The van der Waals surface area contributed by atoms with Crippen molar-refractivity contribution in [1.82, 2.24) is 15.4 Å². The molecule has 92 valence electrons. The molecule has 0 atom stereocenters. The molecule has 0 saturated carbocycles. The number of pyridine rings is 1. The van der Waals surface area contributed by atoms with Crippen LogP contribution in [0.25, 0.3) is 0 Å². The van der Waals surface area contributed by atoms with Crippen molar-refractivity contribution >= 4 is 17.4 Å². The van der Waals surface area contributed by atoms with Crippen molar-refractivity contribution in [1.29, 1.82) is 0 Å². The van der Waals surface area contributed by atoms with Gasteiger partial charge in [0.2, 0.25) is 0 Å². The van der Waals surface area contributed by atoms with E-state index < -0.39 is 10.8 Å². The minimum Gasteiger partial charge on any atom is -0.372 e. The number of hydrogen-bond acceptors (Lipinski definition) is 6. The second-order valence-corrected chi connectivity index (χ2v) is 3.43. The van der Waals surface area contributed by atoms with Gasteiger partial charge in [-0.2, -0.15) is 0 Å². The number of anilines is 1. The number of hydrogen-bond donors (Lipinski definition) is 2. The Bertz CT molecular complexity index is 446. The number of nitrogens with one attached hydrogen (secondary N) is 2. The quantitative estimate of drug-likeness (QED) is 0.576. The van der Waals surface area contributed by atoms with Gasteiger partial charge in [0.15, 0.2) is 0 Å². The fourth-order valence-corrected chi connectivity index (χ4v) is 1.19. The third-order valence-electron chi connectivity index (χ3n) is 1.89. The molecule has 0 aliphatic carbocycles. The Morgan fingerprint density at radius 2 is 2.18 bits per heavy atom. The Labute approximate surface area is 97.8 Å². The van der Waals surface area contributed by atoms with Crippen LogP contribution >= 0.6 is 0 Å². The Hall–Kier alpha value is -2.22. The second kappa shape index (κ2) is 5.21. The summed E-state index contributed by atoms with van der Waals surface area (Å²) in [5.41, 5.74) is 2.38. The van der Waals surface area contributed by atoms with Crippen molar-refractivity contribution in [3.8, 4) is 0 Å². The van der Waals surface area contributed by atoms with Gasteiger partial charge in [0, 0.05) is 27.2 Å². The minimum absolute atomic E-state index is 0.121. The maximum atomic E-state index is 11.8. The van der Waals surface area contributed by atoms with Crippen molar-refractivity contribution in [2.45, 2.75) is 0 Å². The van der Waals surface area contributed by atoms with E-state index >= 15 is 0 Å². The monoisotopic (exact) mass is 239 g/mol. The summed E-state index contributed by atoms with van der Waals surface area (Å²) in [6.07, 6.45) is 1.10. The first-order chi connectivity index (χ1) is 7.95. The van der Waals surface area contributed by atoms with E-state index in [0.717, 1.165) is 6.20 Å². The molecule has 1 heterocycles. The first-order valence-electron chi connectivity index (χ1n) is 4.76. The van der Waals surface area contributed by atoms with E-state index in [1.165, 1.54) is 11.1 Å². The van der Waals surface area contributed by atoms with Crippen LogP contribution in [0.1, 0.15) is 10.4 Å². The number of aromatic nitrogens is 1. The highest BCUT2D eigenvalue weighted by Crippen LogP contribution is 2.18. The summed E-state index contributed by atoms with van der Waals surface area (Å²) in [7, 11) is 4.87. The van der Waals surface area contributed by atoms with Crippen LogP contribution < -0.4 is 10.7 Å². The molecule has 0 fully saturated rings. The predicted octanol–water partition coefficient (Wildman–Crippen LogP) is 0.238. The molecule has 0 aliphatic heterocycles. The summed E-state index contributed by atoms with van der Waals surface area (Å²) in [5.74, 6) is -0.175. The van der Waals surface area contributed by atoms with Crippen LogP contribution in [0.15, 0.2) is 12.3 Å². The molecule has 0 radical (unpaired) electrons. The van der Waals surface area contributed by atoms with Crippen LogP contribution in [0.4, 0.5) is 11.5 Å². The lowest BCUT2D eigenvalue weighted by Crippen LogP contribution is -2.36. The third kappa shape index (κ3) is 3.11. The summed E-state index contributed by atoms with van der Waals surface area (Å²) in [6.45, 7) is 0. The maximum absolute atomic E-state index is 11.8. The number of rotatable bonds is 4. The van der Waals surface area contributed by atoms with E-state index in [2.05, 4.69) is 15.7 Å². The molecule has 17 heavy (non-hydrogen) atoms. The number of hydrazine groups is 1. The smallest absolute Gasteiger partial charge is 0.288 e. The largest absolute Gasteiger partial charge is 0.372 e. The van der Waals surface area contributed by atoms with Crippen LogP contribution in [-0.4, -0.2) is 42.0 Å². The Morgan fingerprint density at radius 1 is 1.53 bits per heavy atom. The standard InChI is InChI=1S/C9H13N5O3/c1-10-8-7(9(15)12-13(2)3)4-6(5-11-8)14(16)17/h4-5H,1-3H3,(H,10,11)(H,12,15). The minimum atomic E-state index is -0.598. The fraction of sp³-hybridized carbons (Fsp3) is 0.333. The highest BCUT2D eigenvalue weighted by atomic mass is 16.6. The summed E-state index contributed by atoms with van der Waals surface area (Å²) >= 11 is 0. The van der Waals surface area contributed by atoms with Gasteiger partial charge in [-0.15, -0.1) is 0 Å². The maximum Gasteiger partial charge on any atom is 0.288 e. The van der Waals surface area contributed by atoms with Crippen LogP contribution in [0.2, 0.25) is 0 Å². The average molecular weight is 239 g/mol. The molecule has 1 rings (SSSR count). The van der Waals surface area contributed by atoms with Gasteiger partial charge in [0.25, 0.3) is 11.6 Å². The summed E-state index contributed by atoms with van der Waals surface area (Å²) in [6, 6.07) is 1.18. The first kappa shape index (κ1) is 12.8. The van der Waals surface area contributed by atoms with Crippen molar-refractivity contribution < 1.29 is 9.72 Å². The van der Waals surface area contributed by atoms with Gasteiger partial charge in [-0.05, 0) is 0 Å². The lowest BCUT2D eigenvalue weighted by molar-refractivity contribution is -0.385. The molecule has 0 spiro atoms. The zero-order chi connectivity index (χ0) is 13.0. The van der Waals surface area contributed by atoms with Crippen LogP contribution in [0.5, 0.6) is 0 Å². The molecule has 0 bridgehead atoms. The van der Waals surface area contributed by atoms with E-state index in [9.17, 15) is 14.9 Å². The van der Waals surface area contributed by atoms with Crippen LogP contribution in [0.3, 0.4) is 0 Å². The van der Waals surface area contributed by atoms with Gasteiger partial charge >= 0.3 is 0 Å². The highest BCUT2D eigenvalue weighted by Gasteiger charge is 2.17. The van der Waals surface area contributed by atoms with Gasteiger partial charge < -0.3 is 5.32 Å². The molecule has 0 unspecified atom stereocenters. The van der Waals surface area contributed by atoms with Gasteiger partial charge in [-0.25, -0.2) is 9.99 Å².